The normalized spacial score (nSPS) is 11.4. The van der Waals surface area contributed by atoms with E-state index in [-0.39, 0.29) is 15.7 Å². The van der Waals surface area contributed by atoms with Gasteiger partial charge in [-0.3, -0.25) is 4.99 Å². The van der Waals surface area contributed by atoms with Crippen molar-refractivity contribution in [3.63, 3.8) is 0 Å². The Morgan fingerprint density at radius 2 is 2.06 bits per heavy atom. The van der Waals surface area contributed by atoms with Crippen LogP contribution in [0.1, 0.15) is 5.56 Å². The van der Waals surface area contributed by atoms with E-state index < -0.39 is 11.6 Å². The molecule has 0 aromatic heterocycles. The fourth-order valence-corrected chi connectivity index (χ4v) is 1.31. The van der Waals surface area contributed by atoms with Gasteiger partial charge >= 0.3 is 0 Å². The van der Waals surface area contributed by atoms with Crippen molar-refractivity contribution in [3.8, 4) is 0 Å². The quantitative estimate of drug-likeness (QED) is 0.672. The second-order valence-electron chi connectivity index (χ2n) is 2.86. The van der Waals surface area contributed by atoms with Crippen LogP contribution in [0.15, 0.2) is 40.5 Å². The highest BCUT2D eigenvalue weighted by Gasteiger charge is 2.09. The molecule has 0 aliphatic carbocycles. The van der Waals surface area contributed by atoms with E-state index in [2.05, 4.69) is 27.5 Å². The molecule has 0 spiro atoms. The third-order valence-electron chi connectivity index (χ3n) is 1.75. The van der Waals surface area contributed by atoms with Crippen LogP contribution in [0, 0.1) is 11.6 Å². The van der Waals surface area contributed by atoms with Crippen molar-refractivity contribution >= 4 is 27.8 Å². The lowest BCUT2D eigenvalue weighted by molar-refractivity contribution is 0.591. The van der Waals surface area contributed by atoms with E-state index in [1.165, 1.54) is 18.5 Å². The molecule has 0 radical (unpaired) electrons. The van der Waals surface area contributed by atoms with Crippen LogP contribution in [-0.4, -0.2) is 6.21 Å². The SMILES string of the molecule is C=C(/N=C\C=C/N)c1cc(F)c(Br)cc1F. The molecule has 2 N–H and O–H groups in total. The zero-order valence-corrected chi connectivity index (χ0v) is 9.84. The minimum absolute atomic E-state index is 0.0161. The number of aliphatic imine (C=N–C) groups is 1. The summed E-state index contributed by atoms with van der Waals surface area (Å²) >= 11 is 2.88. The Labute approximate surface area is 100 Å². The molecule has 0 bridgehead atoms. The van der Waals surface area contributed by atoms with Gasteiger partial charge in [0.2, 0.25) is 0 Å². The molecule has 0 saturated heterocycles. The molecule has 5 heteroatoms. The Balaban J connectivity index is 3.04. The smallest absolute Gasteiger partial charge is 0.138 e. The zero-order valence-electron chi connectivity index (χ0n) is 8.25. The number of hydrogen-bond donors (Lipinski definition) is 1. The summed E-state index contributed by atoms with van der Waals surface area (Å²) in [6, 6.07) is 2.06. The number of allylic oxidation sites excluding steroid dienone is 1. The van der Waals surface area contributed by atoms with Crippen molar-refractivity contribution in [3.05, 3.63) is 52.7 Å². The number of hydrogen-bond acceptors (Lipinski definition) is 2. The van der Waals surface area contributed by atoms with Gasteiger partial charge in [-0.15, -0.1) is 0 Å². The Morgan fingerprint density at radius 3 is 2.69 bits per heavy atom. The molecule has 16 heavy (non-hydrogen) atoms. The average Bonchev–Trinajstić information content (AvgIpc) is 2.23. The van der Waals surface area contributed by atoms with Gasteiger partial charge in [0, 0.05) is 11.8 Å². The molecule has 0 amide bonds. The first-order chi connectivity index (χ1) is 7.56. The molecular formula is C11H9BrF2N2. The van der Waals surface area contributed by atoms with E-state index in [1.54, 1.807) is 0 Å². The minimum Gasteiger partial charge on any atom is -0.405 e. The molecule has 0 atom stereocenters. The molecule has 0 aliphatic rings. The maximum Gasteiger partial charge on any atom is 0.138 e. The summed E-state index contributed by atoms with van der Waals surface area (Å²) in [5.74, 6) is -1.16. The molecule has 1 aromatic carbocycles. The van der Waals surface area contributed by atoms with Crippen molar-refractivity contribution in [2.24, 2.45) is 10.7 Å². The van der Waals surface area contributed by atoms with E-state index in [1.807, 2.05) is 0 Å². The van der Waals surface area contributed by atoms with Gasteiger partial charge in [-0.2, -0.15) is 0 Å². The molecule has 0 fully saturated rings. The summed E-state index contributed by atoms with van der Waals surface area (Å²) in [7, 11) is 0. The van der Waals surface area contributed by atoms with Gasteiger partial charge in [0.25, 0.3) is 0 Å². The first kappa shape index (κ1) is 12.6. The summed E-state index contributed by atoms with van der Waals surface area (Å²) in [5.41, 5.74) is 5.23. The van der Waals surface area contributed by atoms with Crippen molar-refractivity contribution in [1.82, 2.24) is 0 Å². The van der Waals surface area contributed by atoms with Crippen LogP contribution in [0.4, 0.5) is 8.78 Å². The van der Waals surface area contributed by atoms with Crippen molar-refractivity contribution < 1.29 is 8.78 Å². The van der Waals surface area contributed by atoms with Gasteiger partial charge in [-0.1, -0.05) is 6.58 Å². The Hall–Kier alpha value is -1.49. The maximum absolute atomic E-state index is 13.4. The first-order valence-corrected chi connectivity index (χ1v) is 5.10. The van der Waals surface area contributed by atoms with Gasteiger partial charge in [0.05, 0.1) is 10.2 Å². The van der Waals surface area contributed by atoms with Gasteiger partial charge in [-0.25, -0.2) is 8.78 Å². The minimum atomic E-state index is -0.591. The number of nitrogens with two attached hydrogens (primary N) is 1. The van der Waals surface area contributed by atoms with Gasteiger partial charge in [0.15, 0.2) is 0 Å². The highest BCUT2D eigenvalue weighted by atomic mass is 79.9. The van der Waals surface area contributed by atoms with E-state index in [9.17, 15) is 8.78 Å². The van der Waals surface area contributed by atoms with E-state index >= 15 is 0 Å². The lowest BCUT2D eigenvalue weighted by atomic mass is 10.1. The number of nitrogens with zero attached hydrogens (tertiary/aromatic N) is 1. The van der Waals surface area contributed by atoms with E-state index in [0.29, 0.717) is 0 Å². The second kappa shape index (κ2) is 5.55. The standard InChI is InChI=1S/C11H9BrF2N2/c1-7(16-4-2-3-15)8-5-11(14)9(12)6-10(8)13/h2-6H,1,15H2/b3-2-,16-4-. The fraction of sp³-hybridized carbons (Fsp3) is 0. The van der Waals surface area contributed by atoms with Crippen LogP contribution in [0.2, 0.25) is 0 Å². The first-order valence-electron chi connectivity index (χ1n) is 4.31. The summed E-state index contributed by atoms with van der Waals surface area (Å²) < 4.78 is 26.6. The van der Waals surface area contributed by atoms with E-state index in [4.69, 9.17) is 5.73 Å². The molecule has 0 unspecified atom stereocenters. The van der Waals surface area contributed by atoms with Crippen LogP contribution >= 0.6 is 15.9 Å². The molecule has 0 saturated carbocycles. The molecule has 0 aliphatic heterocycles. The van der Waals surface area contributed by atoms with Crippen LogP contribution < -0.4 is 5.73 Å². The van der Waals surface area contributed by atoms with Crippen molar-refractivity contribution in [2.75, 3.05) is 0 Å². The van der Waals surface area contributed by atoms with Crippen LogP contribution in [0.5, 0.6) is 0 Å². The lowest BCUT2D eigenvalue weighted by Crippen LogP contribution is -1.91. The molecule has 2 nitrogen and oxygen atoms in total. The van der Waals surface area contributed by atoms with Crippen LogP contribution in [-0.2, 0) is 0 Å². The van der Waals surface area contributed by atoms with Gasteiger partial charge < -0.3 is 5.73 Å². The third-order valence-corrected chi connectivity index (χ3v) is 2.36. The Kier molecular flexibility index (Phi) is 4.37. The van der Waals surface area contributed by atoms with E-state index in [0.717, 1.165) is 12.1 Å². The molecule has 84 valence electrons. The fourth-order valence-electron chi connectivity index (χ4n) is 0.996. The van der Waals surface area contributed by atoms with Gasteiger partial charge in [-0.05, 0) is 40.3 Å². The van der Waals surface area contributed by atoms with Crippen molar-refractivity contribution in [1.29, 1.82) is 0 Å². The summed E-state index contributed by atoms with van der Waals surface area (Å²) in [6.07, 6.45) is 4.08. The molecule has 0 heterocycles. The Bertz CT molecular complexity index is 467. The second-order valence-corrected chi connectivity index (χ2v) is 3.71. The maximum atomic E-state index is 13.4. The largest absolute Gasteiger partial charge is 0.405 e. The number of benzene rings is 1. The van der Waals surface area contributed by atoms with Crippen LogP contribution in [0.25, 0.3) is 5.70 Å². The summed E-state index contributed by atoms with van der Waals surface area (Å²) in [4.78, 5) is 3.81. The molecule has 1 aromatic rings. The number of halogens is 3. The van der Waals surface area contributed by atoms with Crippen molar-refractivity contribution in [2.45, 2.75) is 0 Å². The molecular weight excluding hydrogens is 278 g/mol. The predicted octanol–water partition coefficient (Wildman–Crippen LogP) is 3.24. The van der Waals surface area contributed by atoms with Gasteiger partial charge in [0.1, 0.15) is 11.6 Å². The zero-order chi connectivity index (χ0) is 12.1. The summed E-state index contributed by atoms with van der Waals surface area (Å²) in [6.45, 7) is 3.53. The summed E-state index contributed by atoms with van der Waals surface area (Å²) in [5, 5.41) is 0. The number of rotatable bonds is 3. The molecule has 1 rings (SSSR count). The highest BCUT2D eigenvalue weighted by Crippen LogP contribution is 2.24. The Morgan fingerprint density at radius 1 is 1.38 bits per heavy atom. The average molecular weight is 287 g/mol. The highest BCUT2D eigenvalue weighted by molar-refractivity contribution is 9.10. The monoisotopic (exact) mass is 286 g/mol. The lowest BCUT2D eigenvalue weighted by Gasteiger charge is -2.03. The predicted molar refractivity (Wildman–Crippen MR) is 64.9 cm³/mol. The topological polar surface area (TPSA) is 38.4 Å². The van der Waals surface area contributed by atoms with Crippen LogP contribution in [0.3, 0.4) is 0 Å². The third kappa shape index (κ3) is 3.00.